The number of hydrogen-bond acceptors (Lipinski definition) is 13. The number of hydrogen-bond donors (Lipinski definition) is 9. The lowest BCUT2D eigenvalue weighted by atomic mass is 9.77. The highest BCUT2D eigenvalue weighted by Gasteiger charge is 2.43. The second-order valence-electron chi connectivity index (χ2n) is 15.6. The molecule has 2 heterocycles. The second kappa shape index (κ2) is 25.1. The molecule has 5 rings (SSSR count). The quantitative estimate of drug-likeness (QED) is 0.0225. The number of benzene rings is 3. The van der Waals surface area contributed by atoms with Gasteiger partial charge in [0.05, 0.1) is 18.2 Å². The van der Waals surface area contributed by atoms with Gasteiger partial charge in [0.25, 0.3) is 5.56 Å². The van der Waals surface area contributed by atoms with E-state index in [4.69, 9.17) is 14.5 Å². The third-order valence-electron chi connectivity index (χ3n) is 10.6. The average Bonchev–Trinajstić information content (AvgIpc) is 3.65. The summed E-state index contributed by atoms with van der Waals surface area (Å²) in [6, 6.07) is 31.2. The van der Waals surface area contributed by atoms with Crippen LogP contribution in [0.1, 0.15) is 86.3 Å². The van der Waals surface area contributed by atoms with E-state index >= 15 is 0 Å². The predicted molar refractivity (Wildman–Crippen MR) is 244 cm³/mol. The highest BCUT2D eigenvalue weighted by atomic mass is 31.3. The standard InChI is InChI=1S/C43H56N5O16P3/c49-36-29-40(62-37(36)31-61-66(57,58)64-67(59,60)63-65(54,55)56)48-30-32(41(52)47-42(48)53)17-16-27-45-39(51)24-12-4-14-26-44-38(50)25-13-5-15-28-46-43(33-18-6-1-7-19-33,34-20-8-2-9-21-34)35-22-10-3-11-23-35/h1-3,6-11,16,18-23,27,30,36-37,40,46,49H,4-5,12-15,17,24-26,28-29,31H2,(H,44,50)(H,45,51)(H,57,58)(H,59,60)(H,47,52,53)(H2,54,55,56)/b27-16+/t36-,37+,40+/m0/s1. The number of phosphoric ester groups is 1. The van der Waals surface area contributed by atoms with Crippen molar-refractivity contribution in [2.24, 2.45) is 0 Å². The third-order valence-corrected chi connectivity index (χ3v) is 14.4. The molecule has 0 spiro atoms. The molecule has 364 valence electrons. The zero-order valence-electron chi connectivity index (χ0n) is 36.3. The van der Waals surface area contributed by atoms with Gasteiger partial charge in [-0.05, 0) is 55.3 Å². The first-order chi connectivity index (χ1) is 31.9. The van der Waals surface area contributed by atoms with E-state index in [0.717, 1.165) is 47.1 Å². The Morgan fingerprint density at radius 2 is 1.31 bits per heavy atom. The van der Waals surface area contributed by atoms with Gasteiger partial charge in [0.1, 0.15) is 12.3 Å². The monoisotopic (exact) mass is 991 g/mol. The molecule has 1 saturated heterocycles. The normalized spacial score (nSPS) is 18.3. The van der Waals surface area contributed by atoms with E-state index in [1.165, 1.54) is 18.5 Å². The molecule has 67 heavy (non-hydrogen) atoms. The zero-order valence-corrected chi connectivity index (χ0v) is 39.0. The van der Waals surface area contributed by atoms with Gasteiger partial charge < -0.3 is 40.1 Å². The van der Waals surface area contributed by atoms with Gasteiger partial charge in [-0.1, -0.05) is 110 Å². The van der Waals surface area contributed by atoms with Crippen molar-refractivity contribution in [3.8, 4) is 0 Å². The van der Waals surface area contributed by atoms with Crippen molar-refractivity contribution in [2.45, 2.75) is 88.2 Å². The number of carbonyl (C=O) groups is 2. The molecule has 1 fully saturated rings. The lowest BCUT2D eigenvalue weighted by Crippen LogP contribution is -2.45. The average molecular weight is 992 g/mol. The van der Waals surface area contributed by atoms with Gasteiger partial charge in [0, 0.05) is 43.8 Å². The van der Waals surface area contributed by atoms with Crippen molar-refractivity contribution < 1.29 is 65.8 Å². The maximum atomic E-state index is 12.6. The molecule has 0 radical (unpaired) electrons. The van der Waals surface area contributed by atoms with Crippen molar-refractivity contribution in [3.63, 3.8) is 0 Å². The first-order valence-corrected chi connectivity index (χ1v) is 26.0. The number of rotatable bonds is 27. The number of H-pyrrole nitrogens is 1. The Hall–Kier alpha value is -4.69. The van der Waals surface area contributed by atoms with Crippen LogP contribution in [0, 0.1) is 0 Å². The SMILES string of the molecule is O=C(CCCCCNC(=O)CCCCCNC(c1ccccc1)(c1ccccc1)c1ccccc1)N/C=C/Cc1cn([C@H]2C[C@H](O)[C@@H](COP(=O)(O)OP(=O)(O)OP(=O)(O)O)O2)c(=O)[nH]c1=O. The minimum Gasteiger partial charge on any atom is -0.390 e. The van der Waals surface area contributed by atoms with Crippen LogP contribution in [0.25, 0.3) is 0 Å². The molecule has 0 aliphatic carbocycles. The molecule has 2 amide bonds. The van der Waals surface area contributed by atoms with Gasteiger partial charge in [-0.25, -0.2) is 18.5 Å². The lowest BCUT2D eigenvalue weighted by molar-refractivity contribution is -0.121. The second-order valence-corrected chi connectivity index (χ2v) is 20.0. The van der Waals surface area contributed by atoms with Gasteiger partial charge in [-0.15, -0.1) is 0 Å². The number of aliphatic hydroxyl groups is 1. The summed E-state index contributed by atoms with van der Waals surface area (Å²) in [4.78, 5) is 88.4. The molecule has 0 bridgehead atoms. The Bertz CT molecular complexity index is 2430. The van der Waals surface area contributed by atoms with Crippen LogP contribution in [0.4, 0.5) is 0 Å². The van der Waals surface area contributed by atoms with E-state index in [1.54, 1.807) is 0 Å². The van der Waals surface area contributed by atoms with E-state index in [-0.39, 0.29) is 36.6 Å². The number of aromatic nitrogens is 2. The van der Waals surface area contributed by atoms with Crippen LogP contribution >= 0.6 is 23.5 Å². The maximum Gasteiger partial charge on any atom is 0.490 e. The number of aliphatic hydroxyl groups excluding tert-OH is 1. The van der Waals surface area contributed by atoms with Crippen LogP contribution < -0.4 is 27.2 Å². The van der Waals surface area contributed by atoms with Crippen LogP contribution in [-0.2, 0) is 53.1 Å². The molecule has 1 aromatic heterocycles. The summed E-state index contributed by atoms with van der Waals surface area (Å²) in [6.45, 7) is 0.298. The molecular formula is C43H56N5O16P3. The van der Waals surface area contributed by atoms with E-state index in [1.807, 2.05) is 18.2 Å². The summed E-state index contributed by atoms with van der Waals surface area (Å²) in [7, 11) is -16.9. The van der Waals surface area contributed by atoms with Gasteiger partial charge >= 0.3 is 29.2 Å². The van der Waals surface area contributed by atoms with Crippen LogP contribution in [0.15, 0.2) is 119 Å². The Balaban J connectivity index is 0.959. The molecule has 1 aliphatic rings. The van der Waals surface area contributed by atoms with Gasteiger partial charge in [0.15, 0.2) is 0 Å². The third kappa shape index (κ3) is 16.8. The number of aromatic amines is 1. The van der Waals surface area contributed by atoms with E-state index in [2.05, 4.69) is 107 Å². The summed E-state index contributed by atoms with van der Waals surface area (Å²) < 4.78 is 52.7. The molecule has 0 saturated carbocycles. The molecular weight excluding hydrogens is 935 g/mol. The molecule has 9 N–H and O–H groups in total. The zero-order chi connectivity index (χ0) is 48.5. The largest absolute Gasteiger partial charge is 0.490 e. The number of allylic oxidation sites excluding steroid dienone is 1. The summed E-state index contributed by atoms with van der Waals surface area (Å²) in [5.41, 5.74) is 1.34. The minimum atomic E-state index is -5.77. The molecule has 2 unspecified atom stereocenters. The first kappa shape index (κ1) is 53.3. The topological polar surface area (TPSA) is 314 Å². The van der Waals surface area contributed by atoms with Gasteiger partial charge in [-0.3, -0.25) is 33.8 Å². The van der Waals surface area contributed by atoms with E-state index in [0.29, 0.717) is 32.2 Å². The number of carbonyl (C=O) groups excluding carboxylic acids is 2. The smallest absolute Gasteiger partial charge is 0.390 e. The molecule has 4 aromatic rings. The van der Waals surface area contributed by atoms with Crippen molar-refractivity contribution in [2.75, 3.05) is 19.7 Å². The summed E-state index contributed by atoms with van der Waals surface area (Å²) in [6.07, 6.45) is 4.83. The number of phosphoric acid groups is 3. The Morgan fingerprint density at radius 3 is 1.88 bits per heavy atom. The summed E-state index contributed by atoms with van der Waals surface area (Å²) in [5.74, 6) is -0.278. The number of nitrogens with one attached hydrogen (secondary N) is 4. The van der Waals surface area contributed by atoms with E-state index < -0.39 is 65.3 Å². The van der Waals surface area contributed by atoms with Crippen molar-refractivity contribution >= 4 is 35.3 Å². The van der Waals surface area contributed by atoms with Gasteiger partial charge in [0.2, 0.25) is 11.8 Å². The molecule has 5 atom stereocenters. The molecule has 24 heteroatoms. The highest BCUT2D eigenvalue weighted by Crippen LogP contribution is 2.66. The number of amides is 2. The van der Waals surface area contributed by atoms with Crippen LogP contribution in [0.5, 0.6) is 0 Å². The van der Waals surface area contributed by atoms with Crippen LogP contribution in [0.3, 0.4) is 0 Å². The summed E-state index contributed by atoms with van der Waals surface area (Å²) in [5, 5.41) is 19.9. The Labute approximate surface area is 386 Å². The molecule has 1 aliphatic heterocycles. The number of unbranched alkanes of at least 4 members (excludes halogenated alkanes) is 4. The van der Waals surface area contributed by atoms with Crippen LogP contribution in [-0.4, -0.2) is 77.9 Å². The fraction of sp³-hybridized carbons (Fsp3) is 0.395. The molecule has 3 aromatic carbocycles. The highest BCUT2D eigenvalue weighted by molar-refractivity contribution is 7.66. The maximum absolute atomic E-state index is 12.6. The lowest BCUT2D eigenvalue weighted by Gasteiger charge is -2.37. The van der Waals surface area contributed by atoms with Gasteiger partial charge in [-0.2, -0.15) is 8.62 Å². The van der Waals surface area contributed by atoms with E-state index in [9.17, 15) is 47.8 Å². The molecule has 21 nitrogen and oxygen atoms in total. The first-order valence-electron chi connectivity index (χ1n) is 21.5. The van der Waals surface area contributed by atoms with Crippen molar-refractivity contribution in [3.05, 3.63) is 153 Å². The summed E-state index contributed by atoms with van der Waals surface area (Å²) >= 11 is 0. The predicted octanol–water partition coefficient (Wildman–Crippen LogP) is 4.52. The van der Waals surface area contributed by atoms with Crippen molar-refractivity contribution in [1.29, 1.82) is 0 Å². The minimum absolute atomic E-state index is 0.0116. The Morgan fingerprint density at radius 1 is 0.761 bits per heavy atom. The number of ether oxygens (including phenoxy) is 1. The number of nitrogens with zero attached hydrogens (tertiary/aromatic N) is 1. The fourth-order valence-electron chi connectivity index (χ4n) is 7.44. The fourth-order valence-corrected chi connectivity index (χ4v) is 10.5. The van der Waals surface area contributed by atoms with Crippen LogP contribution in [0.2, 0.25) is 0 Å². The Kier molecular flexibility index (Phi) is 19.9. The van der Waals surface area contributed by atoms with Crippen molar-refractivity contribution in [1.82, 2.24) is 25.5 Å².